The third-order valence-corrected chi connectivity index (χ3v) is 4.26. The number of hydrogen-bond donors (Lipinski definition) is 2. The fourth-order valence-corrected chi connectivity index (χ4v) is 2.79. The number of nitrogens with zero attached hydrogens (tertiary/aromatic N) is 4. The monoisotopic (exact) mass is 268 g/mol. The van der Waals surface area contributed by atoms with Crippen LogP contribution in [0.4, 0.5) is 0 Å². The van der Waals surface area contributed by atoms with Gasteiger partial charge in [-0.1, -0.05) is 6.92 Å². The van der Waals surface area contributed by atoms with Gasteiger partial charge in [0.15, 0.2) is 0 Å². The van der Waals surface area contributed by atoms with Crippen LogP contribution in [0.5, 0.6) is 0 Å². The second-order valence-electron chi connectivity index (χ2n) is 5.32. The molecular weight excluding hydrogens is 252 g/mol. The van der Waals surface area contributed by atoms with Gasteiger partial charge >= 0.3 is 0 Å². The van der Waals surface area contributed by atoms with E-state index in [1.54, 1.807) is 6.33 Å². The molecule has 1 aliphatic heterocycles. The Labute approximate surface area is 116 Å². The fraction of sp³-hybridized carbons (Fsp3) is 0.357. The van der Waals surface area contributed by atoms with E-state index in [9.17, 15) is 0 Å². The van der Waals surface area contributed by atoms with Gasteiger partial charge in [0.1, 0.15) is 12.0 Å². The highest BCUT2D eigenvalue weighted by molar-refractivity contribution is 5.89. The summed E-state index contributed by atoms with van der Waals surface area (Å²) >= 11 is 0. The molecule has 0 atom stereocenters. The highest BCUT2D eigenvalue weighted by Crippen LogP contribution is 2.29. The minimum absolute atomic E-state index is 0.128. The van der Waals surface area contributed by atoms with Crippen molar-refractivity contribution >= 4 is 11.0 Å². The summed E-state index contributed by atoms with van der Waals surface area (Å²) in [5.41, 5.74) is 2.96. The SMILES string of the molecule is CCC1(n2cc(-c3ncnc4[nH]ccc34)cn2)CNC1. The first kappa shape index (κ1) is 11.6. The summed E-state index contributed by atoms with van der Waals surface area (Å²) in [6, 6.07) is 2.00. The number of rotatable bonds is 3. The Kier molecular flexibility index (Phi) is 2.40. The molecule has 4 heterocycles. The van der Waals surface area contributed by atoms with Crippen molar-refractivity contribution in [1.29, 1.82) is 0 Å². The second kappa shape index (κ2) is 4.14. The fourth-order valence-electron chi connectivity index (χ4n) is 2.79. The first-order chi connectivity index (χ1) is 9.82. The average Bonchev–Trinajstić information content (AvgIpc) is 3.06. The molecule has 4 rings (SSSR count). The highest BCUT2D eigenvalue weighted by Gasteiger charge is 2.37. The van der Waals surface area contributed by atoms with Gasteiger partial charge in [0.25, 0.3) is 0 Å². The van der Waals surface area contributed by atoms with Gasteiger partial charge in [0, 0.05) is 36.4 Å². The summed E-state index contributed by atoms with van der Waals surface area (Å²) in [4.78, 5) is 11.7. The highest BCUT2D eigenvalue weighted by atomic mass is 15.4. The Morgan fingerprint density at radius 3 is 3.00 bits per heavy atom. The quantitative estimate of drug-likeness (QED) is 0.755. The summed E-state index contributed by atoms with van der Waals surface area (Å²) in [7, 11) is 0. The van der Waals surface area contributed by atoms with Crippen LogP contribution in [-0.4, -0.2) is 37.8 Å². The van der Waals surface area contributed by atoms with E-state index < -0.39 is 0 Å². The van der Waals surface area contributed by atoms with Crippen molar-refractivity contribution in [3.8, 4) is 11.3 Å². The first-order valence-corrected chi connectivity index (χ1v) is 6.87. The number of aromatic nitrogens is 5. The molecule has 0 spiro atoms. The molecule has 0 radical (unpaired) electrons. The smallest absolute Gasteiger partial charge is 0.141 e. The topological polar surface area (TPSA) is 71.4 Å². The zero-order valence-corrected chi connectivity index (χ0v) is 11.3. The van der Waals surface area contributed by atoms with E-state index in [2.05, 4.69) is 43.2 Å². The van der Waals surface area contributed by atoms with E-state index >= 15 is 0 Å². The molecule has 0 unspecified atom stereocenters. The molecule has 0 aliphatic carbocycles. The van der Waals surface area contributed by atoms with E-state index in [-0.39, 0.29) is 5.54 Å². The minimum atomic E-state index is 0.128. The number of aromatic amines is 1. The summed E-state index contributed by atoms with van der Waals surface area (Å²) in [5, 5.41) is 8.92. The summed E-state index contributed by atoms with van der Waals surface area (Å²) in [6.07, 6.45) is 8.54. The van der Waals surface area contributed by atoms with Gasteiger partial charge in [-0.05, 0) is 12.5 Å². The van der Waals surface area contributed by atoms with Crippen molar-refractivity contribution in [1.82, 2.24) is 30.0 Å². The molecule has 20 heavy (non-hydrogen) atoms. The van der Waals surface area contributed by atoms with E-state index in [0.717, 1.165) is 41.8 Å². The van der Waals surface area contributed by atoms with E-state index in [4.69, 9.17) is 0 Å². The van der Waals surface area contributed by atoms with Crippen molar-refractivity contribution < 1.29 is 0 Å². The van der Waals surface area contributed by atoms with Crippen LogP contribution in [0.1, 0.15) is 13.3 Å². The van der Waals surface area contributed by atoms with Crippen molar-refractivity contribution in [2.45, 2.75) is 18.9 Å². The molecule has 102 valence electrons. The van der Waals surface area contributed by atoms with Crippen LogP contribution in [0.25, 0.3) is 22.3 Å². The molecule has 0 saturated carbocycles. The maximum absolute atomic E-state index is 4.55. The molecule has 0 amide bonds. The van der Waals surface area contributed by atoms with E-state index in [1.807, 2.05) is 18.5 Å². The Balaban J connectivity index is 1.80. The molecular formula is C14H16N6. The van der Waals surface area contributed by atoms with E-state index in [0.29, 0.717) is 0 Å². The third kappa shape index (κ3) is 1.51. The predicted octanol–water partition coefficient (Wildman–Crippen LogP) is 1.53. The Morgan fingerprint density at radius 2 is 2.25 bits per heavy atom. The van der Waals surface area contributed by atoms with Crippen LogP contribution in [0.2, 0.25) is 0 Å². The number of fused-ring (bicyclic) bond motifs is 1. The zero-order chi connectivity index (χ0) is 13.6. The number of H-pyrrole nitrogens is 1. The number of nitrogens with one attached hydrogen (secondary N) is 2. The largest absolute Gasteiger partial charge is 0.346 e. The summed E-state index contributed by atoms with van der Waals surface area (Å²) < 4.78 is 2.08. The van der Waals surface area contributed by atoms with Crippen molar-refractivity contribution in [2.75, 3.05) is 13.1 Å². The molecule has 1 saturated heterocycles. The van der Waals surface area contributed by atoms with Crippen molar-refractivity contribution in [2.24, 2.45) is 0 Å². The summed E-state index contributed by atoms with van der Waals surface area (Å²) in [5.74, 6) is 0. The molecule has 2 N–H and O–H groups in total. The minimum Gasteiger partial charge on any atom is -0.346 e. The van der Waals surface area contributed by atoms with Crippen LogP contribution >= 0.6 is 0 Å². The second-order valence-corrected chi connectivity index (χ2v) is 5.32. The molecule has 1 fully saturated rings. The van der Waals surface area contributed by atoms with Gasteiger partial charge in [0.05, 0.1) is 17.4 Å². The average molecular weight is 268 g/mol. The lowest BCUT2D eigenvalue weighted by atomic mass is 9.90. The number of hydrogen-bond acceptors (Lipinski definition) is 4. The molecule has 3 aromatic heterocycles. The van der Waals surface area contributed by atoms with Crippen LogP contribution in [0, 0.1) is 0 Å². The van der Waals surface area contributed by atoms with Crippen LogP contribution < -0.4 is 5.32 Å². The van der Waals surface area contributed by atoms with Crippen molar-refractivity contribution in [3.05, 3.63) is 31.0 Å². The molecule has 6 heteroatoms. The maximum atomic E-state index is 4.55. The lowest BCUT2D eigenvalue weighted by Gasteiger charge is -2.42. The van der Waals surface area contributed by atoms with Gasteiger partial charge in [-0.2, -0.15) is 5.10 Å². The third-order valence-electron chi connectivity index (χ3n) is 4.26. The normalized spacial score (nSPS) is 17.2. The van der Waals surface area contributed by atoms with Gasteiger partial charge in [-0.3, -0.25) is 4.68 Å². The molecule has 0 bridgehead atoms. The maximum Gasteiger partial charge on any atom is 0.141 e. The van der Waals surface area contributed by atoms with Gasteiger partial charge in [0.2, 0.25) is 0 Å². The van der Waals surface area contributed by atoms with Gasteiger partial charge in [-0.15, -0.1) is 0 Å². The van der Waals surface area contributed by atoms with Crippen LogP contribution in [-0.2, 0) is 5.54 Å². The lowest BCUT2D eigenvalue weighted by Crippen LogP contribution is -2.60. The van der Waals surface area contributed by atoms with Crippen LogP contribution in [0.15, 0.2) is 31.0 Å². The van der Waals surface area contributed by atoms with E-state index in [1.165, 1.54) is 0 Å². The Hall–Kier alpha value is -2.21. The molecule has 0 aromatic carbocycles. The first-order valence-electron chi connectivity index (χ1n) is 6.87. The zero-order valence-electron chi connectivity index (χ0n) is 11.3. The van der Waals surface area contributed by atoms with Gasteiger partial charge < -0.3 is 10.3 Å². The molecule has 6 nitrogen and oxygen atoms in total. The Bertz CT molecular complexity index is 746. The van der Waals surface area contributed by atoms with Crippen LogP contribution in [0.3, 0.4) is 0 Å². The van der Waals surface area contributed by atoms with Crippen molar-refractivity contribution in [3.63, 3.8) is 0 Å². The Morgan fingerprint density at radius 1 is 1.35 bits per heavy atom. The molecule has 1 aliphatic rings. The molecule has 3 aromatic rings. The standard InChI is InChI=1S/C14H16N6/c1-2-14(7-15-8-14)20-6-10(5-19-20)12-11-3-4-16-13(11)18-9-17-12/h3-6,9,15H,2,7-8H2,1H3,(H,16,17,18). The van der Waals surface area contributed by atoms with Gasteiger partial charge in [-0.25, -0.2) is 9.97 Å². The summed E-state index contributed by atoms with van der Waals surface area (Å²) in [6.45, 7) is 4.17. The lowest BCUT2D eigenvalue weighted by molar-refractivity contribution is 0.149. The predicted molar refractivity (Wildman–Crippen MR) is 76.2 cm³/mol.